The van der Waals surface area contributed by atoms with Crippen molar-refractivity contribution in [2.45, 2.75) is 39.7 Å². The van der Waals surface area contributed by atoms with Crippen LogP contribution in [0, 0.1) is 5.92 Å². The van der Waals surface area contributed by atoms with Crippen LogP contribution in [0.1, 0.15) is 33.6 Å². The van der Waals surface area contributed by atoms with E-state index < -0.39 is 0 Å². The maximum atomic E-state index is 4.05. The fraction of sp³-hybridized carbons (Fsp3) is 0.900. The van der Waals surface area contributed by atoms with Gasteiger partial charge >= 0.3 is 0 Å². The first-order valence-electron chi connectivity index (χ1n) is 4.88. The van der Waals surface area contributed by atoms with Crippen LogP contribution in [-0.2, 0) is 0 Å². The van der Waals surface area contributed by atoms with Gasteiger partial charge in [0.05, 0.1) is 0 Å². The quantitative estimate of drug-likeness (QED) is 0.479. The summed E-state index contributed by atoms with van der Waals surface area (Å²) in [6, 6.07) is 0.446. The van der Waals surface area contributed by atoms with Crippen molar-refractivity contribution in [3.63, 3.8) is 0 Å². The zero-order valence-corrected chi connectivity index (χ0v) is 8.80. The predicted molar refractivity (Wildman–Crippen MR) is 56.0 cm³/mol. The van der Waals surface area contributed by atoms with Gasteiger partial charge in [0.25, 0.3) is 0 Å². The largest absolute Gasteiger partial charge is 0.309 e. The van der Waals surface area contributed by atoms with Gasteiger partial charge in [0.2, 0.25) is 0 Å². The molecule has 1 atom stereocenters. The molecule has 0 aromatic carbocycles. The lowest BCUT2D eigenvalue weighted by molar-refractivity contribution is 0.485. The molecule has 2 heteroatoms. The van der Waals surface area contributed by atoms with E-state index in [0.29, 0.717) is 12.0 Å². The second-order valence-corrected chi connectivity index (χ2v) is 3.48. The minimum atomic E-state index is 0.446. The van der Waals surface area contributed by atoms with Crippen LogP contribution in [0.4, 0.5) is 0 Å². The van der Waals surface area contributed by atoms with Crippen LogP contribution < -0.4 is 5.32 Å². The summed E-state index contributed by atoms with van der Waals surface area (Å²) in [6.07, 6.45) is 4.50. The third-order valence-electron chi connectivity index (χ3n) is 1.94. The number of nitrogens with zero attached hydrogens (tertiary/aromatic N) is 1. The first-order valence-corrected chi connectivity index (χ1v) is 4.88. The van der Waals surface area contributed by atoms with Crippen molar-refractivity contribution in [1.82, 2.24) is 5.32 Å². The van der Waals surface area contributed by atoms with Crippen molar-refractivity contribution in [2.24, 2.45) is 10.9 Å². The minimum Gasteiger partial charge on any atom is -0.309 e. The Hall–Kier alpha value is -0.370. The Labute approximate surface area is 76.5 Å². The van der Waals surface area contributed by atoms with E-state index in [-0.39, 0.29) is 0 Å². The van der Waals surface area contributed by atoms with Gasteiger partial charge in [-0.1, -0.05) is 27.2 Å². The number of aliphatic imine (C=N–C) groups is 1. The molecule has 0 aliphatic heterocycles. The molecule has 0 aromatic rings. The Kier molecular flexibility index (Phi) is 7.06. The monoisotopic (exact) mass is 170 g/mol. The smallest absolute Gasteiger partial charge is 0.0443 e. The molecule has 0 aliphatic carbocycles. The zero-order valence-electron chi connectivity index (χ0n) is 8.80. The van der Waals surface area contributed by atoms with Crippen LogP contribution >= 0.6 is 0 Å². The Bertz CT molecular complexity index is 119. The van der Waals surface area contributed by atoms with Crippen molar-refractivity contribution in [3.05, 3.63) is 0 Å². The zero-order chi connectivity index (χ0) is 9.40. The molecule has 72 valence electrons. The molecule has 12 heavy (non-hydrogen) atoms. The van der Waals surface area contributed by atoms with E-state index in [9.17, 15) is 0 Å². The normalized spacial score (nSPS) is 14.4. The summed E-state index contributed by atoms with van der Waals surface area (Å²) in [4.78, 5) is 4.05. The second-order valence-electron chi connectivity index (χ2n) is 3.48. The van der Waals surface area contributed by atoms with E-state index in [0.717, 1.165) is 6.54 Å². The van der Waals surface area contributed by atoms with Crippen molar-refractivity contribution in [3.8, 4) is 0 Å². The SMILES string of the molecule is CCCCNC(C=NC)C(C)C. The first kappa shape index (κ1) is 11.6. The maximum Gasteiger partial charge on any atom is 0.0443 e. The van der Waals surface area contributed by atoms with E-state index in [4.69, 9.17) is 0 Å². The highest BCUT2D eigenvalue weighted by Crippen LogP contribution is 1.99. The van der Waals surface area contributed by atoms with Crippen LogP contribution in [0.5, 0.6) is 0 Å². The van der Waals surface area contributed by atoms with Gasteiger partial charge in [-0.05, 0) is 18.9 Å². The number of unbranched alkanes of at least 4 members (excludes halogenated alkanes) is 1. The van der Waals surface area contributed by atoms with Gasteiger partial charge in [-0.2, -0.15) is 0 Å². The summed E-state index contributed by atoms with van der Waals surface area (Å²) < 4.78 is 0. The average Bonchev–Trinajstić information content (AvgIpc) is 2.03. The van der Waals surface area contributed by atoms with E-state index in [1.165, 1.54) is 12.8 Å². The van der Waals surface area contributed by atoms with Crippen LogP contribution in [0.3, 0.4) is 0 Å². The molecule has 0 aromatic heterocycles. The fourth-order valence-corrected chi connectivity index (χ4v) is 1.07. The maximum absolute atomic E-state index is 4.05. The molecule has 0 radical (unpaired) electrons. The van der Waals surface area contributed by atoms with Gasteiger partial charge in [0.15, 0.2) is 0 Å². The van der Waals surface area contributed by atoms with Gasteiger partial charge in [-0.15, -0.1) is 0 Å². The summed E-state index contributed by atoms with van der Waals surface area (Å²) in [5.74, 6) is 0.630. The summed E-state index contributed by atoms with van der Waals surface area (Å²) in [5.41, 5.74) is 0. The average molecular weight is 170 g/mol. The summed E-state index contributed by atoms with van der Waals surface area (Å²) in [7, 11) is 1.83. The Morgan fingerprint density at radius 3 is 2.50 bits per heavy atom. The fourth-order valence-electron chi connectivity index (χ4n) is 1.07. The van der Waals surface area contributed by atoms with Gasteiger partial charge in [0, 0.05) is 19.3 Å². The predicted octanol–water partition coefficient (Wildman–Crippen LogP) is 2.10. The lowest BCUT2D eigenvalue weighted by Crippen LogP contribution is -2.35. The van der Waals surface area contributed by atoms with Crippen LogP contribution in [0.15, 0.2) is 4.99 Å². The molecule has 1 unspecified atom stereocenters. The lowest BCUT2D eigenvalue weighted by atomic mass is 10.1. The Morgan fingerprint density at radius 1 is 1.42 bits per heavy atom. The van der Waals surface area contributed by atoms with Crippen LogP contribution in [-0.4, -0.2) is 25.8 Å². The molecular formula is C10H22N2. The highest BCUT2D eigenvalue weighted by Gasteiger charge is 2.07. The molecule has 0 bridgehead atoms. The highest BCUT2D eigenvalue weighted by atomic mass is 14.9. The van der Waals surface area contributed by atoms with E-state index in [1.807, 2.05) is 13.3 Å². The molecule has 0 saturated carbocycles. The molecule has 2 nitrogen and oxygen atoms in total. The standard InChI is InChI=1S/C10H22N2/c1-5-6-7-12-10(8-11-4)9(2)3/h8-10,12H,5-7H2,1-4H3. The van der Waals surface area contributed by atoms with Crippen molar-refractivity contribution >= 4 is 6.21 Å². The van der Waals surface area contributed by atoms with Gasteiger partial charge in [-0.3, -0.25) is 4.99 Å². The molecule has 0 heterocycles. The number of hydrogen-bond donors (Lipinski definition) is 1. The van der Waals surface area contributed by atoms with Crippen molar-refractivity contribution < 1.29 is 0 Å². The second kappa shape index (κ2) is 7.29. The number of nitrogens with one attached hydrogen (secondary N) is 1. The summed E-state index contributed by atoms with van der Waals surface area (Å²) >= 11 is 0. The molecule has 0 amide bonds. The topological polar surface area (TPSA) is 24.4 Å². The Balaban J connectivity index is 3.64. The lowest BCUT2D eigenvalue weighted by Gasteiger charge is -2.17. The Morgan fingerprint density at radius 2 is 2.08 bits per heavy atom. The highest BCUT2D eigenvalue weighted by molar-refractivity contribution is 5.64. The van der Waals surface area contributed by atoms with Crippen LogP contribution in [0.2, 0.25) is 0 Å². The van der Waals surface area contributed by atoms with E-state index in [2.05, 4.69) is 31.1 Å². The number of hydrogen-bond acceptors (Lipinski definition) is 2. The third-order valence-corrected chi connectivity index (χ3v) is 1.94. The molecule has 0 aliphatic rings. The summed E-state index contributed by atoms with van der Waals surface area (Å²) in [6.45, 7) is 7.74. The van der Waals surface area contributed by atoms with Crippen LogP contribution in [0.25, 0.3) is 0 Å². The number of rotatable bonds is 6. The molecule has 0 saturated heterocycles. The van der Waals surface area contributed by atoms with Crippen molar-refractivity contribution in [1.29, 1.82) is 0 Å². The molecule has 0 fully saturated rings. The first-order chi connectivity index (χ1) is 5.72. The van der Waals surface area contributed by atoms with Gasteiger partial charge in [0.1, 0.15) is 0 Å². The minimum absolute atomic E-state index is 0.446. The molecular weight excluding hydrogens is 148 g/mol. The summed E-state index contributed by atoms with van der Waals surface area (Å²) in [5, 5.41) is 3.47. The van der Waals surface area contributed by atoms with Gasteiger partial charge in [-0.25, -0.2) is 0 Å². The molecule has 0 spiro atoms. The molecule has 0 rings (SSSR count). The molecule has 1 N–H and O–H groups in total. The van der Waals surface area contributed by atoms with E-state index >= 15 is 0 Å². The van der Waals surface area contributed by atoms with Crippen molar-refractivity contribution in [2.75, 3.05) is 13.6 Å². The third kappa shape index (κ3) is 5.30. The van der Waals surface area contributed by atoms with Gasteiger partial charge < -0.3 is 5.32 Å². The van der Waals surface area contributed by atoms with E-state index in [1.54, 1.807) is 0 Å².